The van der Waals surface area contributed by atoms with Crippen molar-refractivity contribution in [1.82, 2.24) is 5.32 Å². The number of carbonyl (C=O) groups excluding carboxylic acids is 1. The number of rotatable bonds is 6. The van der Waals surface area contributed by atoms with Gasteiger partial charge in [-0.05, 0) is 23.8 Å². The Morgan fingerprint density at radius 2 is 1.79 bits per heavy atom. The van der Waals surface area contributed by atoms with Gasteiger partial charge in [0.15, 0.2) is 0 Å². The van der Waals surface area contributed by atoms with Crippen LogP contribution in [-0.2, 0) is 9.59 Å². The van der Waals surface area contributed by atoms with Gasteiger partial charge in [-0.2, -0.15) is 18.1 Å². The van der Waals surface area contributed by atoms with Gasteiger partial charge in [-0.25, -0.2) is 4.79 Å². The number of nitrogens with zero attached hydrogens (tertiary/aromatic N) is 1. The van der Waals surface area contributed by atoms with Gasteiger partial charge >= 0.3 is 18.1 Å². The molecule has 3 rings (SSSR count). The van der Waals surface area contributed by atoms with Gasteiger partial charge in [-0.15, -0.1) is 0 Å². The molecule has 146 valence electrons. The highest BCUT2D eigenvalue weighted by Gasteiger charge is 2.41. The summed E-state index contributed by atoms with van der Waals surface area (Å²) in [5.74, 6) is -4.11. The van der Waals surface area contributed by atoms with Gasteiger partial charge < -0.3 is 14.8 Å². The Morgan fingerprint density at radius 3 is 2.43 bits per heavy atom. The fourth-order valence-electron chi connectivity index (χ4n) is 2.88. The van der Waals surface area contributed by atoms with Crippen LogP contribution in [0.3, 0.4) is 0 Å². The molecule has 0 aliphatic heterocycles. The molecule has 2 unspecified atom stereocenters. The van der Waals surface area contributed by atoms with Gasteiger partial charge in [0.2, 0.25) is 0 Å². The number of hydrogen-bond acceptors (Lipinski definition) is 5. The summed E-state index contributed by atoms with van der Waals surface area (Å²) < 4.78 is 42.9. The second-order valence-corrected chi connectivity index (χ2v) is 6.07. The first-order valence-corrected chi connectivity index (χ1v) is 8.05. The van der Waals surface area contributed by atoms with E-state index in [0.29, 0.717) is 22.1 Å². The number of nitrogens with one attached hydrogen (secondary N) is 1. The topological polar surface area (TPSA) is 109 Å². The molecular formula is C18H13F3N2O5. The highest BCUT2D eigenvalue weighted by molar-refractivity contribution is 6.05. The van der Waals surface area contributed by atoms with Crippen LogP contribution in [0, 0.1) is 4.91 Å². The number of halogens is 3. The quantitative estimate of drug-likeness (QED) is 0.616. The van der Waals surface area contributed by atoms with Gasteiger partial charge in [0.05, 0.1) is 0 Å². The molecule has 10 heteroatoms. The lowest BCUT2D eigenvalue weighted by Crippen LogP contribution is -2.47. The van der Waals surface area contributed by atoms with Crippen LogP contribution in [0.4, 0.5) is 13.2 Å². The number of hydrogen-bond donors (Lipinski definition) is 2. The number of fused-ring (bicyclic) bond motifs is 3. The minimum Gasteiger partial charge on any atom is -0.480 e. The molecule has 0 fully saturated rings. The van der Waals surface area contributed by atoms with E-state index in [2.05, 4.69) is 5.18 Å². The Hall–Kier alpha value is -3.43. The smallest absolute Gasteiger partial charge is 0.471 e. The van der Waals surface area contributed by atoms with Crippen molar-refractivity contribution >= 4 is 33.8 Å². The maximum atomic E-state index is 12.4. The molecule has 3 aromatic rings. The third-order valence-electron chi connectivity index (χ3n) is 4.23. The van der Waals surface area contributed by atoms with Crippen LogP contribution in [0.25, 0.3) is 21.9 Å². The van der Waals surface area contributed by atoms with Crippen molar-refractivity contribution in [1.29, 1.82) is 0 Å². The zero-order valence-electron chi connectivity index (χ0n) is 14.1. The highest BCUT2D eigenvalue weighted by Crippen LogP contribution is 2.32. The number of amides is 1. The van der Waals surface area contributed by atoms with E-state index < -0.39 is 36.6 Å². The van der Waals surface area contributed by atoms with Crippen molar-refractivity contribution in [2.75, 3.05) is 0 Å². The molecule has 1 amide bonds. The van der Waals surface area contributed by atoms with Gasteiger partial charge in [0, 0.05) is 17.2 Å². The summed E-state index contributed by atoms with van der Waals surface area (Å²) in [6.07, 6.45) is -5.88. The second kappa shape index (κ2) is 7.29. The van der Waals surface area contributed by atoms with Crippen LogP contribution < -0.4 is 5.32 Å². The van der Waals surface area contributed by atoms with Crippen LogP contribution in [0.5, 0.6) is 0 Å². The van der Waals surface area contributed by atoms with Crippen LogP contribution >= 0.6 is 0 Å². The van der Waals surface area contributed by atoms with Crippen molar-refractivity contribution in [3.63, 3.8) is 0 Å². The van der Waals surface area contributed by atoms with E-state index in [0.717, 1.165) is 5.39 Å². The summed E-state index contributed by atoms with van der Waals surface area (Å²) in [5.41, 5.74) is 1.42. The van der Waals surface area contributed by atoms with Crippen LogP contribution in [-0.4, -0.2) is 29.2 Å². The number of carboxylic acids is 1. The number of aliphatic carboxylic acids is 1. The Balaban J connectivity index is 1.91. The summed E-state index contributed by atoms with van der Waals surface area (Å²) in [6.45, 7) is 0. The van der Waals surface area contributed by atoms with E-state index in [1.807, 2.05) is 0 Å². The number of carboxylic acid groups (broad SMARTS) is 1. The largest absolute Gasteiger partial charge is 0.480 e. The fraction of sp³-hybridized carbons (Fsp3) is 0.222. The summed E-state index contributed by atoms with van der Waals surface area (Å²) in [6, 6.07) is 8.48. The van der Waals surface area contributed by atoms with E-state index in [-0.39, 0.29) is 0 Å². The molecule has 2 N–H and O–H groups in total. The lowest BCUT2D eigenvalue weighted by molar-refractivity contribution is -0.175. The molecule has 7 nitrogen and oxygen atoms in total. The monoisotopic (exact) mass is 394 g/mol. The molecule has 0 radical (unpaired) electrons. The maximum absolute atomic E-state index is 12.4. The van der Waals surface area contributed by atoms with Crippen LogP contribution in [0.1, 0.15) is 18.0 Å². The molecule has 0 bridgehead atoms. The molecule has 0 aliphatic rings. The fourth-order valence-corrected chi connectivity index (χ4v) is 2.88. The lowest BCUT2D eigenvalue weighted by atomic mass is 9.98. The molecule has 0 aliphatic carbocycles. The Labute approximate surface area is 155 Å². The first-order chi connectivity index (χ1) is 13.2. The van der Waals surface area contributed by atoms with Crippen LogP contribution in [0.2, 0.25) is 0 Å². The van der Waals surface area contributed by atoms with Crippen molar-refractivity contribution in [3.8, 4) is 0 Å². The van der Waals surface area contributed by atoms with E-state index in [9.17, 15) is 27.7 Å². The van der Waals surface area contributed by atoms with Crippen molar-refractivity contribution in [2.24, 2.45) is 5.18 Å². The average molecular weight is 394 g/mol. The summed E-state index contributed by atoms with van der Waals surface area (Å²) >= 11 is 0. The van der Waals surface area contributed by atoms with Gasteiger partial charge in [0.25, 0.3) is 0 Å². The zero-order valence-corrected chi connectivity index (χ0v) is 14.1. The molecule has 2 atom stereocenters. The number of alkyl halides is 3. The first kappa shape index (κ1) is 19.3. The first-order valence-electron chi connectivity index (χ1n) is 8.05. The molecule has 1 heterocycles. The van der Waals surface area contributed by atoms with Crippen LogP contribution in [0.15, 0.2) is 52.1 Å². The SMILES string of the molecule is O=NC(CC(NC(=O)C(F)(F)F)C(=O)O)c1ccc2oc3ccccc3c2c1. The lowest BCUT2D eigenvalue weighted by Gasteiger charge is -2.18. The summed E-state index contributed by atoms with van der Waals surface area (Å²) in [7, 11) is 0. The molecular weight excluding hydrogens is 381 g/mol. The molecule has 1 aromatic heterocycles. The molecule has 0 saturated carbocycles. The predicted molar refractivity (Wildman–Crippen MR) is 92.5 cm³/mol. The molecule has 0 spiro atoms. The Kier molecular flexibility index (Phi) is 5.04. The van der Waals surface area contributed by atoms with E-state index in [1.54, 1.807) is 36.4 Å². The zero-order chi connectivity index (χ0) is 20.5. The summed E-state index contributed by atoms with van der Waals surface area (Å²) in [5, 5.41) is 14.7. The standard InChI is InChI=1S/C18H13F3N2O5/c19-18(20,21)17(26)22-13(16(24)25)8-12(23-27)9-5-6-15-11(7-9)10-3-1-2-4-14(10)28-15/h1-7,12-13H,8H2,(H,22,26)(H,24,25). The third kappa shape index (κ3) is 3.80. The molecule has 0 saturated heterocycles. The average Bonchev–Trinajstić information content (AvgIpc) is 3.01. The number of para-hydroxylation sites is 1. The van der Waals surface area contributed by atoms with Gasteiger partial charge in [-0.3, -0.25) is 4.79 Å². The molecule has 28 heavy (non-hydrogen) atoms. The minimum atomic E-state index is -5.24. The highest BCUT2D eigenvalue weighted by atomic mass is 19.4. The van der Waals surface area contributed by atoms with Gasteiger partial charge in [-0.1, -0.05) is 29.4 Å². The third-order valence-corrected chi connectivity index (χ3v) is 4.23. The second-order valence-electron chi connectivity index (χ2n) is 6.07. The molecule has 2 aromatic carbocycles. The van der Waals surface area contributed by atoms with E-state index in [4.69, 9.17) is 9.52 Å². The minimum absolute atomic E-state index is 0.293. The normalized spacial score (nSPS) is 14.0. The Morgan fingerprint density at radius 1 is 1.11 bits per heavy atom. The van der Waals surface area contributed by atoms with E-state index in [1.165, 1.54) is 11.4 Å². The summed E-state index contributed by atoms with van der Waals surface area (Å²) in [4.78, 5) is 33.6. The number of benzene rings is 2. The Bertz CT molecular complexity index is 1060. The van der Waals surface area contributed by atoms with Crippen molar-refractivity contribution < 1.29 is 32.3 Å². The van der Waals surface area contributed by atoms with Crippen molar-refractivity contribution in [3.05, 3.63) is 52.9 Å². The maximum Gasteiger partial charge on any atom is 0.471 e. The number of furan rings is 1. The number of carbonyl (C=O) groups is 2. The van der Waals surface area contributed by atoms with Crippen molar-refractivity contribution in [2.45, 2.75) is 24.7 Å². The van der Waals surface area contributed by atoms with Gasteiger partial charge in [0.1, 0.15) is 23.2 Å². The number of nitroso groups, excluding NO2 is 1. The predicted octanol–water partition coefficient (Wildman–Crippen LogP) is 3.92. The van der Waals surface area contributed by atoms with E-state index >= 15 is 0 Å².